The Labute approximate surface area is 181 Å². The third kappa shape index (κ3) is 7.47. The van der Waals surface area contributed by atoms with Crippen LogP contribution in [-0.2, 0) is 14.3 Å². The molecule has 7 nitrogen and oxygen atoms in total. The number of ether oxygens (including phenoxy) is 1. The van der Waals surface area contributed by atoms with Crippen LogP contribution in [-0.4, -0.2) is 65.5 Å². The molecule has 2 rings (SSSR count). The van der Waals surface area contributed by atoms with E-state index in [4.69, 9.17) is 4.74 Å². The Balaban J connectivity index is 1.68. The van der Waals surface area contributed by atoms with Gasteiger partial charge in [0.05, 0.1) is 0 Å². The fourth-order valence-corrected chi connectivity index (χ4v) is 4.34. The number of hydrogen-bond acceptors (Lipinski definition) is 4. The molecule has 2 aliphatic rings. The van der Waals surface area contributed by atoms with Crippen LogP contribution in [0.5, 0.6) is 0 Å². The van der Waals surface area contributed by atoms with Crippen molar-refractivity contribution >= 4 is 17.9 Å². The molecule has 0 aliphatic carbocycles. The maximum absolute atomic E-state index is 12.5. The standard InChI is InChI=1S/C23H41N3O4/c1-6-18(7-2)21(28)25-14-10-19(11-15-25)24-20(27)16-17-8-12-26(13-9-17)22(29)30-23(3,4)5/h17-19H,6-16H2,1-5H3,(H,24,27). The van der Waals surface area contributed by atoms with Crippen LogP contribution in [0.25, 0.3) is 0 Å². The van der Waals surface area contributed by atoms with Gasteiger partial charge in [0.1, 0.15) is 5.60 Å². The van der Waals surface area contributed by atoms with Crippen LogP contribution in [0.15, 0.2) is 0 Å². The Morgan fingerprint density at radius 2 is 1.47 bits per heavy atom. The van der Waals surface area contributed by atoms with E-state index in [1.807, 2.05) is 25.7 Å². The van der Waals surface area contributed by atoms with E-state index in [9.17, 15) is 14.4 Å². The Morgan fingerprint density at radius 1 is 0.933 bits per heavy atom. The maximum atomic E-state index is 12.5. The van der Waals surface area contributed by atoms with Gasteiger partial charge in [0, 0.05) is 44.6 Å². The molecule has 3 amide bonds. The van der Waals surface area contributed by atoms with E-state index in [1.165, 1.54) is 0 Å². The highest BCUT2D eigenvalue weighted by Gasteiger charge is 2.30. The van der Waals surface area contributed by atoms with Crippen molar-refractivity contribution in [3.8, 4) is 0 Å². The number of amides is 3. The molecule has 0 radical (unpaired) electrons. The highest BCUT2D eigenvalue weighted by atomic mass is 16.6. The van der Waals surface area contributed by atoms with Gasteiger partial charge in [0.25, 0.3) is 0 Å². The zero-order chi connectivity index (χ0) is 22.3. The first kappa shape index (κ1) is 24.5. The lowest BCUT2D eigenvalue weighted by Crippen LogP contribution is -2.48. The molecular formula is C23H41N3O4. The van der Waals surface area contributed by atoms with Crippen LogP contribution >= 0.6 is 0 Å². The zero-order valence-corrected chi connectivity index (χ0v) is 19.5. The Morgan fingerprint density at radius 3 is 1.97 bits per heavy atom. The summed E-state index contributed by atoms with van der Waals surface area (Å²) in [6, 6.07) is 0.158. The van der Waals surface area contributed by atoms with Crippen LogP contribution in [0.4, 0.5) is 4.79 Å². The number of rotatable bonds is 6. The SMILES string of the molecule is CCC(CC)C(=O)N1CCC(NC(=O)CC2CCN(C(=O)OC(C)(C)C)CC2)CC1. The molecule has 0 saturated carbocycles. The first-order valence-electron chi connectivity index (χ1n) is 11.7. The van der Waals surface area contributed by atoms with Gasteiger partial charge >= 0.3 is 6.09 Å². The monoisotopic (exact) mass is 423 g/mol. The second-order valence-electron chi connectivity index (χ2n) is 9.80. The second kappa shape index (κ2) is 11.0. The van der Waals surface area contributed by atoms with Gasteiger partial charge in [-0.1, -0.05) is 13.8 Å². The molecular weight excluding hydrogens is 382 g/mol. The van der Waals surface area contributed by atoms with Crippen molar-refractivity contribution in [1.82, 2.24) is 15.1 Å². The lowest BCUT2D eigenvalue weighted by molar-refractivity contribution is -0.137. The van der Waals surface area contributed by atoms with E-state index < -0.39 is 5.60 Å². The van der Waals surface area contributed by atoms with Gasteiger partial charge in [-0.05, 0) is 65.2 Å². The van der Waals surface area contributed by atoms with Crippen molar-refractivity contribution in [1.29, 1.82) is 0 Å². The summed E-state index contributed by atoms with van der Waals surface area (Å²) in [5, 5.41) is 3.17. The van der Waals surface area contributed by atoms with Crippen LogP contribution < -0.4 is 5.32 Å². The Hall–Kier alpha value is -1.79. The lowest BCUT2D eigenvalue weighted by Gasteiger charge is -2.35. The van der Waals surface area contributed by atoms with Crippen LogP contribution in [0, 0.1) is 11.8 Å². The summed E-state index contributed by atoms with van der Waals surface area (Å²) < 4.78 is 5.43. The fraction of sp³-hybridized carbons (Fsp3) is 0.870. The summed E-state index contributed by atoms with van der Waals surface area (Å²) in [5.74, 6) is 0.792. The van der Waals surface area contributed by atoms with Crippen molar-refractivity contribution in [3.63, 3.8) is 0 Å². The summed E-state index contributed by atoms with van der Waals surface area (Å²) in [6.45, 7) is 12.5. The van der Waals surface area contributed by atoms with E-state index in [2.05, 4.69) is 19.2 Å². The summed E-state index contributed by atoms with van der Waals surface area (Å²) in [4.78, 5) is 40.9. The van der Waals surface area contributed by atoms with Gasteiger partial charge in [-0.15, -0.1) is 0 Å². The molecule has 0 spiro atoms. The minimum atomic E-state index is -0.484. The quantitative estimate of drug-likeness (QED) is 0.708. The molecule has 0 aromatic rings. The number of nitrogens with one attached hydrogen (secondary N) is 1. The second-order valence-corrected chi connectivity index (χ2v) is 9.80. The molecule has 0 atom stereocenters. The molecule has 172 valence electrons. The molecule has 2 saturated heterocycles. The fourth-order valence-electron chi connectivity index (χ4n) is 4.34. The van der Waals surface area contributed by atoms with Crippen molar-refractivity contribution in [3.05, 3.63) is 0 Å². The minimum absolute atomic E-state index is 0.0930. The topological polar surface area (TPSA) is 79.0 Å². The van der Waals surface area contributed by atoms with E-state index in [1.54, 1.807) is 4.90 Å². The van der Waals surface area contributed by atoms with E-state index in [-0.39, 0.29) is 29.9 Å². The Bertz CT molecular complexity index is 582. The predicted octanol–water partition coefficient (Wildman–Crippen LogP) is 3.57. The van der Waals surface area contributed by atoms with Crippen molar-refractivity contribution in [2.45, 2.75) is 91.2 Å². The summed E-state index contributed by atoms with van der Waals surface area (Å²) in [6.07, 6.45) is 5.33. The lowest BCUT2D eigenvalue weighted by atomic mass is 9.93. The zero-order valence-electron chi connectivity index (χ0n) is 19.5. The number of piperidine rings is 2. The first-order chi connectivity index (χ1) is 14.1. The highest BCUT2D eigenvalue weighted by Crippen LogP contribution is 2.23. The molecule has 1 N–H and O–H groups in total. The van der Waals surface area contributed by atoms with Crippen LogP contribution in [0.2, 0.25) is 0 Å². The minimum Gasteiger partial charge on any atom is -0.444 e. The van der Waals surface area contributed by atoms with Crippen LogP contribution in [0.3, 0.4) is 0 Å². The smallest absolute Gasteiger partial charge is 0.410 e. The third-order valence-electron chi connectivity index (χ3n) is 6.25. The molecule has 0 unspecified atom stereocenters. The molecule has 2 fully saturated rings. The van der Waals surface area contributed by atoms with E-state index in [0.29, 0.717) is 25.4 Å². The van der Waals surface area contributed by atoms with Gasteiger partial charge in [0.15, 0.2) is 0 Å². The summed E-state index contributed by atoms with van der Waals surface area (Å²) in [7, 11) is 0. The van der Waals surface area contributed by atoms with Gasteiger partial charge in [-0.3, -0.25) is 9.59 Å². The Kier molecular flexibility index (Phi) is 8.98. The van der Waals surface area contributed by atoms with Crippen molar-refractivity contribution in [2.75, 3.05) is 26.2 Å². The average Bonchev–Trinajstić information content (AvgIpc) is 2.68. The molecule has 0 bridgehead atoms. The summed E-state index contributed by atoms with van der Waals surface area (Å²) >= 11 is 0. The summed E-state index contributed by atoms with van der Waals surface area (Å²) in [5.41, 5.74) is -0.484. The van der Waals surface area contributed by atoms with Gasteiger partial charge in [-0.2, -0.15) is 0 Å². The number of hydrogen-bond donors (Lipinski definition) is 1. The number of carbonyl (C=O) groups excluding carboxylic acids is 3. The highest BCUT2D eigenvalue weighted by molar-refractivity contribution is 5.79. The molecule has 7 heteroatoms. The molecule has 2 heterocycles. The third-order valence-corrected chi connectivity index (χ3v) is 6.25. The molecule has 0 aromatic heterocycles. The molecule has 30 heavy (non-hydrogen) atoms. The molecule has 2 aliphatic heterocycles. The number of nitrogens with zero attached hydrogens (tertiary/aromatic N) is 2. The largest absolute Gasteiger partial charge is 0.444 e. The first-order valence-corrected chi connectivity index (χ1v) is 11.7. The van der Waals surface area contributed by atoms with Gasteiger partial charge in [0.2, 0.25) is 11.8 Å². The maximum Gasteiger partial charge on any atom is 0.410 e. The van der Waals surface area contributed by atoms with Gasteiger partial charge < -0.3 is 19.9 Å². The van der Waals surface area contributed by atoms with Gasteiger partial charge in [-0.25, -0.2) is 4.79 Å². The molecule has 0 aromatic carbocycles. The van der Waals surface area contributed by atoms with Crippen molar-refractivity contribution < 1.29 is 19.1 Å². The number of likely N-dealkylation sites (tertiary alicyclic amines) is 2. The number of carbonyl (C=O) groups is 3. The van der Waals surface area contributed by atoms with E-state index >= 15 is 0 Å². The van der Waals surface area contributed by atoms with Crippen molar-refractivity contribution in [2.24, 2.45) is 11.8 Å². The van der Waals surface area contributed by atoms with E-state index in [0.717, 1.165) is 51.6 Å². The average molecular weight is 424 g/mol. The normalized spacial score (nSPS) is 19.1. The van der Waals surface area contributed by atoms with Crippen LogP contribution in [0.1, 0.15) is 79.6 Å². The predicted molar refractivity (Wildman–Crippen MR) is 117 cm³/mol.